The molecule has 1 aromatic carbocycles. The van der Waals surface area contributed by atoms with E-state index in [0.717, 1.165) is 44.2 Å². The summed E-state index contributed by atoms with van der Waals surface area (Å²) in [6, 6.07) is 8.67. The first kappa shape index (κ1) is 21.2. The van der Waals surface area contributed by atoms with Crippen LogP contribution in [0, 0.1) is 13.8 Å². The lowest BCUT2D eigenvalue weighted by atomic mass is 10.1. The third kappa shape index (κ3) is 4.96. The van der Waals surface area contributed by atoms with Crippen molar-refractivity contribution in [1.29, 1.82) is 0 Å². The zero-order chi connectivity index (χ0) is 21.1. The van der Waals surface area contributed by atoms with Gasteiger partial charge in [-0.2, -0.15) is 5.10 Å². The van der Waals surface area contributed by atoms with Crippen molar-refractivity contribution in [3.8, 4) is 11.5 Å². The van der Waals surface area contributed by atoms with Gasteiger partial charge in [-0.25, -0.2) is 0 Å². The summed E-state index contributed by atoms with van der Waals surface area (Å²) in [4.78, 5) is 4.71. The largest absolute Gasteiger partial charge is 0.493 e. The van der Waals surface area contributed by atoms with Crippen molar-refractivity contribution < 1.29 is 14.6 Å². The van der Waals surface area contributed by atoms with Crippen LogP contribution in [0.4, 0.5) is 0 Å². The number of β-amino-alcohol motifs (C(OH)–C–C–N with tert-alkyl or cyclic N) is 1. The van der Waals surface area contributed by atoms with Crippen molar-refractivity contribution in [2.45, 2.75) is 45.4 Å². The second-order valence-corrected chi connectivity index (χ2v) is 8.68. The van der Waals surface area contributed by atoms with Gasteiger partial charge in [-0.15, -0.1) is 0 Å². The number of likely N-dealkylation sites (tertiary alicyclic amines) is 2. The summed E-state index contributed by atoms with van der Waals surface area (Å²) < 4.78 is 13.6. The molecule has 7 heteroatoms. The summed E-state index contributed by atoms with van der Waals surface area (Å²) in [5.74, 6) is 1.40. The van der Waals surface area contributed by atoms with Crippen LogP contribution < -0.4 is 9.47 Å². The molecular weight excluding hydrogens is 380 g/mol. The number of hydrogen-bond donors (Lipinski definition) is 1. The number of aryl methyl sites for hydroxylation is 2. The van der Waals surface area contributed by atoms with E-state index in [1.165, 1.54) is 24.1 Å². The average molecular weight is 415 g/mol. The minimum Gasteiger partial charge on any atom is -0.493 e. The van der Waals surface area contributed by atoms with Gasteiger partial charge in [0.25, 0.3) is 0 Å². The molecule has 7 nitrogen and oxygen atoms in total. The number of ether oxygens (including phenoxy) is 2. The van der Waals surface area contributed by atoms with E-state index in [1.807, 2.05) is 19.1 Å². The van der Waals surface area contributed by atoms with Crippen molar-refractivity contribution >= 4 is 0 Å². The number of aliphatic hydroxyl groups is 1. The monoisotopic (exact) mass is 414 g/mol. The maximum Gasteiger partial charge on any atom is 0.161 e. The molecule has 164 valence electrons. The molecule has 3 heterocycles. The van der Waals surface area contributed by atoms with E-state index in [9.17, 15) is 5.11 Å². The molecule has 2 aliphatic heterocycles. The summed E-state index contributed by atoms with van der Waals surface area (Å²) >= 11 is 0. The number of methoxy groups -OCH3 is 1. The quantitative estimate of drug-likeness (QED) is 0.680. The Hall–Kier alpha value is -2.09. The van der Waals surface area contributed by atoms with E-state index in [4.69, 9.17) is 9.47 Å². The van der Waals surface area contributed by atoms with Crippen LogP contribution >= 0.6 is 0 Å². The van der Waals surface area contributed by atoms with Crippen LogP contribution in [0.1, 0.15) is 35.8 Å². The molecule has 0 spiro atoms. The standard InChI is InChI=1S/C23H34N4O3/c1-17-10-18(2)27(24-17)20-13-26(14-20)12-19-6-7-22(23(11-19)29-3)30-16-21(28)15-25-8-4-5-9-25/h6-7,10-11,20-21,28H,4-5,8-9,12-16H2,1-3H3. The van der Waals surface area contributed by atoms with Gasteiger partial charge in [0, 0.05) is 31.9 Å². The molecule has 2 fully saturated rings. The van der Waals surface area contributed by atoms with E-state index in [1.54, 1.807) is 7.11 Å². The Morgan fingerprint density at radius 2 is 1.87 bits per heavy atom. The van der Waals surface area contributed by atoms with Crippen LogP contribution in [0.5, 0.6) is 11.5 Å². The Kier molecular flexibility index (Phi) is 6.61. The molecular formula is C23H34N4O3. The van der Waals surface area contributed by atoms with Gasteiger partial charge < -0.3 is 19.5 Å². The summed E-state index contributed by atoms with van der Waals surface area (Å²) in [5.41, 5.74) is 3.51. The summed E-state index contributed by atoms with van der Waals surface area (Å²) in [6.45, 7) is 10.2. The summed E-state index contributed by atoms with van der Waals surface area (Å²) in [6.07, 6.45) is 1.96. The maximum absolute atomic E-state index is 10.3. The fraction of sp³-hybridized carbons (Fsp3) is 0.609. The van der Waals surface area contributed by atoms with Crippen molar-refractivity contribution in [3.63, 3.8) is 0 Å². The molecule has 4 rings (SSSR count). The minimum atomic E-state index is -0.486. The number of nitrogens with zero attached hydrogens (tertiary/aromatic N) is 4. The molecule has 30 heavy (non-hydrogen) atoms. The van der Waals surface area contributed by atoms with Gasteiger partial charge in [-0.3, -0.25) is 9.58 Å². The molecule has 0 bridgehead atoms. The SMILES string of the molecule is COc1cc(CN2CC(n3nc(C)cc3C)C2)ccc1OCC(O)CN1CCCC1. The van der Waals surface area contributed by atoms with E-state index in [0.29, 0.717) is 18.3 Å². The van der Waals surface area contributed by atoms with Gasteiger partial charge in [0.2, 0.25) is 0 Å². The van der Waals surface area contributed by atoms with E-state index >= 15 is 0 Å². The van der Waals surface area contributed by atoms with Crippen LogP contribution in [-0.2, 0) is 6.54 Å². The Balaban J connectivity index is 1.27. The number of rotatable bonds is 9. The van der Waals surface area contributed by atoms with E-state index < -0.39 is 6.10 Å². The van der Waals surface area contributed by atoms with Crippen LogP contribution in [0.15, 0.2) is 24.3 Å². The van der Waals surface area contributed by atoms with Gasteiger partial charge in [0.1, 0.15) is 12.7 Å². The highest BCUT2D eigenvalue weighted by atomic mass is 16.5. The van der Waals surface area contributed by atoms with Gasteiger partial charge in [-0.05, 0) is 63.5 Å². The highest BCUT2D eigenvalue weighted by Crippen LogP contribution is 2.30. The number of aliphatic hydroxyl groups excluding tert-OH is 1. The first-order chi connectivity index (χ1) is 14.5. The lowest BCUT2D eigenvalue weighted by molar-refractivity contribution is 0.0745. The van der Waals surface area contributed by atoms with Crippen molar-refractivity contribution in [3.05, 3.63) is 41.2 Å². The molecule has 1 atom stereocenters. The lowest BCUT2D eigenvalue weighted by Gasteiger charge is -2.39. The molecule has 1 N–H and O–H groups in total. The second kappa shape index (κ2) is 9.37. The fourth-order valence-corrected chi connectivity index (χ4v) is 4.53. The van der Waals surface area contributed by atoms with Gasteiger partial charge in [0.15, 0.2) is 11.5 Å². The van der Waals surface area contributed by atoms with Crippen molar-refractivity contribution in [1.82, 2.24) is 19.6 Å². The van der Waals surface area contributed by atoms with Crippen molar-refractivity contribution in [2.75, 3.05) is 46.4 Å². The zero-order valence-electron chi connectivity index (χ0n) is 18.4. The molecule has 0 saturated carbocycles. The minimum absolute atomic E-state index is 0.280. The fourth-order valence-electron chi connectivity index (χ4n) is 4.53. The summed E-state index contributed by atoms with van der Waals surface area (Å²) in [5, 5.41) is 14.9. The predicted octanol–water partition coefficient (Wildman–Crippen LogP) is 2.40. The third-order valence-corrected chi connectivity index (χ3v) is 6.06. The Bertz CT molecular complexity index is 841. The zero-order valence-corrected chi connectivity index (χ0v) is 18.4. The molecule has 0 aliphatic carbocycles. The van der Waals surface area contributed by atoms with Gasteiger partial charge >= 0.3 is 0 Å². The molecule has 2 saturated heterocycles. The first-order valence-electron chi connectivity index (χ1n) is 11.0. The second-order valence-electron chi connectivity index (χ2n) is 8.68. The average Bonchev–Trinajstić information content (AvgIpc) is 3.32. The van der Waals surface area contributed by atoms with E-state index in [2.05, 4.69) is 38.6 Å². The Morgan fingerprint density at radius 1 is 1.10 bits per heavy atom. The van der Waals surface area contributed by atoms with Gasteiger partial charge in [-0.1, -0.05) is 6.07 Å². The predicted molar refractivity (Wildman–Crippen MR) is 116 cm³/mol. The third-order valence-electron chi connectivity index (χ3n) is 6.06. The molecule has 2 aliphatic rings. The molecule has 2 aromatic rings. The molecule has 0 amide bonds. The van der Waals surface area contributed by atoms with Gasteiger partial charge in [0.05, 0.1) is 18.8 Å². The number of aromatic nitrogens is 2. The molecule has 1 aromatic heterocycles. The first-order valence-corrected chi connectivity index (χ1v) is 11.0. The number of benzene rings is 1. The molecule has 0 radical (unpaired) electrons. The highest BCUT2D eigenvalue weighted by molar-refractivity contribution is 5.43. The van der Waals surface area contributed by atoms with Crippen LogP contribution in [0.2, 0.25) is 0 Å². The van der Waals surface area contributed by atoms with Crippen LogP contribution in [0.3, 0.4) is 0 Å². The van der Waals surface area contributed by atoms with Crippen LogP contribution in [0.25, 0.3) is 0 Å². The topological polar surface area (TPSA) is 63.0 Å². The lowest BCUT2D eigenvalue weighted by Crippen LogP contribution is -2.47. The Morgan fingerprint density at radius 3 is 2.53 bits per heavy atom. The van der Waals surface area contributed by atoms with Crippen molar-refractivity contribution in [2.24, 2.45) is 0 Å². The smallest absolute Gasteiger partial charge is 0.161 e. The molecule has 1 unspecified atom stereocenters. The summed E-state index contributed by atoms with van der Waals surface area (Å²) in [7, 11) is 1.66. The normalized spacial score (nSPS) is 19.1. The Labute approximate surface area is 179 Å². The van der Waals surface area contributed by atoms with Crippen LogP contribution in [-0.4, -0.2) is 77.2 Å². The maximum atomic E-state index is 10.3. The van der Waals surface area contributed by atoms with E-state index in [-0.39, 0.29) is 6.61 Å². The number of hydrogen-bond acceptors (Lipinski definition) is 6. The highest BCUT2D eigenvalue weighted by Gasteiger charge is 2.29.